The van der Waals surface area contributed by atoms with Crippen LogP contribution in [0.15, 0.2) is 18.2 Å². The van der Waals surface area contributed by atoms with Crippen LogP contribution in [0.3, 0.4) is 0 Å². The first-order valence-electron chi connectivity index (χ1n) is 7.69. The highest BCUT2D eigenvalue weighted by molar-refractivity contribution is 5.41. The number of ether oxygens (including phenoxy) is 1. The Morgan fingerprint density at radius 3 is 2.70 bits per heavy atom. The van der Waals surface area contributed by atoms with Gasteiger partial charge in [-0.2, -0.15) is 0 Å². The van der Waals surface area contributed by atoms with Crippen LogP contribution < -0.4 is 10.1 Å². The van der Waals surface area contributed by atoms with Crippen LogP contribution in [0.4, 0.5) is 0 Å². The molecule has 4 unspecified atom stereocenters. The van der Waals surface area contributed by atoms with E-state index in [0.717, 1.165) is 11.5 Å². The second-order valence-corrected chi connectivity index (χ2v) is 6.02. The summed E-state index contributed by atoms with van der Waals surface area (Å²) in [5.74, 6) is 2.55. The molecule has 1 aliphatic rings. The van der Waals surface area contributed by atoms with E-state index in [1.165, 1.54) is 19.3 Å². The average molecular weight is 277 g/mol. The molecule has 1 aliphatic carbocycles. The van der Waals surface area contributed by atoms with E-state index in [2.05, 4.69) is 26.1 Å². The fourth-order valence-corrected chi connectivity index (χ4v) is 3.49. The zero-order valence-electron chi connectivity index (χ0n) is 13.0. The lowest BCUT2D eigenvalue weighted by atomic mass is 9.93. The molecule has 4 atom stereocenters. The van der Waals surface area contributed by atoms with Gasteiger partial charge in [-0.25, -0.2) is 0 Å². The second kappa shape index (κ2) is 6.49. The molecule has 112 valence electrons. The zero-order chi connectivity index (χ0) is 14.7. The molecule has 0 spiro atoms. The summed E-state index contributed by atoms with van der Waals surface area (Å²) >= 11 is 0. The molecule has 0 radical (unpaired) electrons. The van der Waals surface area contributed by atoms with Crippen LogP contribution in [-0.4, -0.2) is 18.3 Å². The van der Waals surface area contributed by atoms with Crippen molar-refractivity contribution in [1.82, 2.24) is 5.32 Å². The minimum Gasteiger partial charge on any atom is -0.507 e. The van der Waals surface area contributed by atoms with Crippen molar-refractivity contribution in [2.24, 2.45) is 11.8 Å². The van der Waals surface area contributed by atoms with Gasteiger partial charge in [0, 0.05) is 23.7 Å². The Morgan fingerprint density at radius 1 is 1.40 bits per heavy atom. The molecule has 0 amide bonds. The number of phenols is 1. The Hall–Kier alpha value is -1.22. The molecule has 3 nitrogen and oxygen atoms in total. The number of nitrogens with one attached hydrogen (secondary N) is 1. The van der Waals surface area contributed by atoms with Crippen molar-refractivity contribution in [2.75, 3.05) is 7.11 Å². The summed E-state index contributed by atoms with van der Waals surface area (Å²) in [6, 6.07) is 6.24. The van der Waals surface area contributed by atoms with Crippen molar-refractivity contribution < 1.29 is 9.84 Å². The highest BCUT2D eigenvalue weighted by Crippen LogP contribution is 2.36. The molecule has 0 aliphatic heterocycles. The second-order valence-electron chi connectivity index (χ2n) is 6.02. The van der Waals surface area contributed by atoms with E-state index in [1.807, 2.05) is 12.1 Å². The van der Waals surface area contributed by atoms with Crippen LogP contribution >= 0.6 is 0 Å². The SMILES string of the molecule is CCC1CCC(NC(C)c2ccc(OC)cc2O)C1C. The molecule has 0 aromatic heterocycles. The lowest BCUT2D eigenvalue weighted by Crippen LogP contribution is -2.34. The predicted molar refractivity (Wildman–Crippen MR) is 82.2 cm³/mol. The summed E-state index contributed by atoms with van der Waals surface area (Å²) in [6.45, 7) is 6.75. The summed E-state index contributed by atoms with van der Waals surface area (Å²) in [5, 5.41) is 13.8. The summed E-state index contributed by atoms with van der Waals surface area (Å²) in [5.41, 5.74) is 0.943. The molecule has 3 heteroatoms. The highest BCUT2D eigenvalue weighted by Gasteiger charge is 2.32. The van der Waals surface area contributed by atoms with Crippen LogP contribution in [0.5, 0.6) is 11.5 Å². The Labute approximate surface area is 122 Å². The normalized spacial score (nSPS) is 27.5. The molecule has 2 rings (SSSR count). The molecule has 1 saturated carbocycles. The molecule has 1 aromatic carbocycles. The van der Waals surface area contributed by atoms with Gasteiger partial charge < -0.3 is 15.2 Å². The Balaban J connectivity index is 2.03. The van der Waals surface area contributed by atoms with Gasteiger partial charge in [0.25, 0.3) is 0 Å². The fraction of sp³-hybridized carbons (Fsp3) is 0.647. The molecule has 1 aromatic rings. The van der Waals surface area contributed by atoms with E-state index in [-0.39, 0.29) is 6.04 Å². The predicted octanol–water partition coefficient (Wildman–Crippen LogP) is 3.88. The maximum atomic E-state index is 10.1. The van der Waals surface area contributed by atoms with Crippen LogP contribution in [-0.2, 0) is 0 Å². The molecule has 1 fully saturated rings. The smallest absolute Gasteiger partial charge is 0.124 e. The van der Waals surface area contributed by atoms with E-state index in [0.29, 0.717) is 23.5 Å². The topological polar surface area (TPSA) is 41.5 Å². The molecule has 0 bridgehead atoms. The van der Waals surface area contributed by atoms with E-state index in [9.17, 15) is 5.11 Å². The van der Waals surface area contributed by atoms with Gasteiger partial charge in [-0.05, 0) is 37.7 Å². The van der Waals surface area contributed by atoms with Crippen molar-refractivity contribution >= 4 is 0 Å². The Morgan fingerprint density at radius 2 is 2.15 bits per heavy atom. The molecule has 2 N–H and O–H groups in total. The average Bonchev–Trinajstić information content (AvgIpc) is 2.79. The van der Waals surface area contributed by atoms with Crippen molar-refractivity contribution in [3.05, 3.63) is 23.8 Å². The monoisotopic (exact) mass is 277 g/mol. The van der Waals surface area contributed by atoms with Gasteiger partial charge in [0.1, 0.15) is 11.5 Å². The third-order valence-corrected chi connectivity index (χ3v) is 4.92. The number of hydrogen-bond donors (Lipinski definition) is 2. The third kappa shape index (κ3) is 3.09. The molecule has 0 heterocycles. The minimum atomic E-state index is 0.156. The standard InChI is InChI=1S/C17H27NO2/c1-5-13-6-9-16(11(13)2)18-12(3)15-8-7-14(20-4)10-17(15)19/h7-8,10-13,16,18-19H,5-6,9H2,1-4H3. The van der Waals surface area contributed by atoms with Gasteiger partial charge >= 0.3 is 0 Å². The van der Waals surface area contributed by atoms with Crippen molar-refractivity contribution in [3.63, 3.8) is 0 Å². The maximum absolute atomic E-state index is 10.1. The van der Waals surface area contributed by atoms with E-state index >= 15 is 0 Å². The molecule has 0 saturated heterocycles. The summed E-state index contributed by atoms with van der Waals surface area (Å²) in [6.07, 6.45) is 3.82. The van der Waals surface area contributed by atoms with E-state index in [4.69, 9.17) is 4.74 Å². The summed E-state index contributed by atoms with van der Waals surface area (Å²) < 4.78 is 5.13. The van der Waals surface area contributed by atoms with Gasteiger partial charge in [0.2, 0.25) is 0 Å². The van der Waals surface area contributed by atoms with Gasteiger partial charge in [-0.3, -0.25) is 0 Å². The Bertz CT molecular complexity index is 447. The highest BCUT2D eigenvalue weighted by atomic mass is 16.5. The largest absolute Gasteiger partial charge is 0.507 e. The number of phenolic OH excluding ortho intramolecular Hbond substituents is 1. The fourth-order valence-electron chi connectivity index (χ4n) is 3.49. The van der Waals surface area contributed by atoms with Crippen molar-refractivity contribution in [3.8, 4) is 11.5 Å². The van der Waals surface area contributed by atoms with Crippen molar-refractivity contribution in [1.29, 1.82) is 0 Å². The third-order valence-electron chi connectivity index (χ3n) is 4.92. The van der Waals surface area contributed by atoms with Crippen LogP contribution in [0.25, 0.3) is 0 Å². The lowest BCUT2D eigenvalue weighted by molar-refractivity contribution is 0.324. The molecular weight excluding hydrogens is 250 g/mol. The van der Waals surface area contributed by atoms with Crippen molar-refractivity contribution in [2.45, 2.75) is 52.1 Å². The summed E-state index contributed by atoms with van der Waals surface area (Å²) in [4.78, 5) is 0. The van der Waals surface area contributed by atoms with Gasteiger partial charge in [0.15, 0.2) is 0 Å². The number of aromatic hydroxyl groups is 1. The zero-order valence-corrected chi connectivity index (χ0v) is 13.0. The van der Waals surface area contributed by atoms with Crippen LogP contribution in [0, 0.1) is 11.8 Å². The first-order chi connectivity index (χ1) is 9.56. The van der Waals surface area contributed by atoms with Crippen LogP contribution in [0.1, 0.15) is 51.6 Å². The van der Waals surface area contributed by atoms with Crippen LogP contribution in [0.2, 0.25) is 0 Å². The van der Waals surface area contributed by atoms with Gasteiger partial charge in [0.05, 0.1) is 7.11 Å². The quantitative estimate of drug-likeness (QED) is 0.858. The Kier molecular flexibility index (Phi) is 4.92. The molecule has 20 heavy (non-hydrogen) atoms. The molecular formula is C17H27NO2. The van der Waals surface area contributed by atoms with E-state index < -0.39 is 0 Å². The van der Waals surface area contributed by atoms with E-state index in [1.54, 1.807) is 13.2 Å². The first kappa shape index (κ1) is 15.2. The lowest BCUT2D eigenvalue weighted by Gasteiger charge is -2.25. The number of methoxy groups -OCH3 is 1. The first-order valence-corrected chi connectivity index (χ1v) is 7.69. The summed E-state index contributed by atoms with van der Waals surface area (Å²) in [7, 11) is 1.61. The minimum absolute atomic E-state index is 0.156. The number of benzene rings is 1. The maximum Gasteiger partial charge on any atom is 0.124 e. The number of rotatable bonds is 5. The van der Waals surface area contributed by atoms with Gasteiger partial charge in [-0.15, -0.1) is 0 Å². The van der Waals surface area contributed by atoms with Gasteiger partial charge in [-0.1, -0.05) is 26.3 Å². The number of hydrogen-bond acceptors (Lipinski definition) is 3.